The number of nitrogens with one attached hydrogen (secondary N) is 1. The lowest BCUT2D eigenvalue weighted by atomic mass is 9.92. The second-order valence-electron chi connectivity index (χ2n) is 7.08. The molecule has 1 aliphatic rings. The number of anilines is 1. The van der Waals surface area contributed by atoms with E-state index in [1.165, 1.54) is 12.3 Å². The van der Waals surface area contributed by atoms with Crippen LogP contribution in [0.2, 0.25) is 5.15 Å². The van der Waals surface area contributed by atoms with Crippen molar-refractivity contribution < 1.29 is 17.9 Å². The maximum Gasteiger partial charge on any atom is 0.416 e. The fourth-order valence-electron chi connectivity index (χ4n) is 3.57. The summed E-state index contributed by atoms with van der Waals surface area (Å²) in [6, 6.07) is 5.60. The summed E-state index contributed by atoms with van der Waals surface area (Å²) < 4.78 is 46.7. The lowest BCUT2D eigenvalue weighted by Gasteiger charge is -2.22. The van der Waals surface area contributed by atoms with Crippen molar-refractivity contribution in [2.24, 2.45) is 0 Å². The molecule has 152 valence electrons. The predicted octanol–water partition coefficient (Wildman–Crippen LogP) is 5.58. The Labute approximate surface area is 170 Å². The quantitative estimate of drug-likeness (QED) is 0.479. The van der Waals surface area contributed by atoms with E-state index in [2.05, 4.69) is 20.3 Å². The number of halogens is 4. The Balaban J connectivity index is 1.89. The summed E-state index contributed by atoms with van der Waals surface area (Å²) >= 11 is 6.02. The highest BCUT2D eigenvalue weighted by atomic mass is 35.5. The van der Waals surface area contributed by atoms with E-state index in [0.717, 1.165) is 6.07 Å². The molecule has 29 heavy (non-hydrogen) atoms. The highest BCUT2D eigenvalue weighted by Crippen LogP contribution is 2.37. The summed E-state index contributed by atoms with van der Waals surface area (Å²) in [6.07, 6.45) is -2.67. The fraction of sp³-hybridized carbons (Fsp3) is 0.350. The molecule has 3 heterocycles. The summed E-state index contributed by atoms with van der Waals surface area (Å²) in [5.74, 6) is 0.430. The molecule has 2 aromatic heterocycles. The van der Waals surface area contributed by atoms with E-state index in [1.807, 2.05) is 0 Å². The molecule has 1 unspecified atom stereocenters. The zero-order valence-corrected chi connectivity index (χ0v) is 16.5. The minimum atomic E-state index is -4.43. The number of fused-ring (bicyclic) bond motifs is 5. The molecule has 1 aromatic carbocycles. The highest BCUT2D eigenvalue weighted by molar-refractivity contribution is 6.30. The lowest BCUT2D eigenvalue weighted by Crippen LogP contribution is -2.18. The van der Waals surface area contributed by atoms with Crippen molar-refractivity contribution in [2.75, 3.05) is 5.32 Å². The first-order chi connectivity index (χ1) is 13.7. The summed E-state index contributed by atoms with van der Waals surface area (Å²) in [5, 5.41) is 4.10. The van der Waals surface area contributed by atoms with Gasteiger partial charge in [-0.3, -0.25) is 0 Å². The van der Waals surface area contributed by atoms with Gasteiger partial charge < -0.3 is 10.1 Å². The summed E-state index contributed by atoms with van der Waals surface area (Å²) in [4.78, 5) is 12.8. The second-order valence-corrected chi connectivity index (χ2v) is 7.47. The fourth-order valence-corrected chi connectivity index (χ4v) is 3.73. The number of rotatable bonds is 0. The highest BCUT2D eigenvalue weighted by Gasteiger charge is 2.35. The molecule has 3 aromatic rings. The number of benzene rings is 1. The number of hydrogen-bond donors (Lipinski definition) is 1. The van der Waals surface area contributed by atoms with Crippen LogP contribution in [-0.2, 0) is 12.6 Å². The number of alkyl halides is 3. The van der Waals surface area contributed by atoms with E-state index in [-0.39, 0.29) is 29.3 Å². The van der Waals surface area contributed by atoms with Gasteiger partial charge in [0.25, 0.3) is 0 Å². The van der Waals surface area contributed by atoms with Gasteiger partial charge in [0.1, 0.15) is 11.0 Å². The van der Waals surface area contributed by atoms with Crippen LogP contribution >= 0.6 is 11.6 Å². The molecule has 1 aliphatic heterocycles. The molecule has 1 N–H and O–H groups in total. The first kappa shape index (κ1) is 19.7. The Bertz CT molecular complexity index is 1070. The van der Waals surface area contributed by atoms with Gasteiger partial charge in [0.2, 0.25) is 0 Å². The Morgan fingerprint density at radius 2 is 2.00 bits per heavy atom. The molecule has 2 atom stereocenters. The summed E-state index contributed by atoms with van der Waals surface area (Å²) in [6.45, 7) is 3.59. The van der Waals surface area contributed by atoms with E-state index in [4.69, 9.17) is 16.3 Å². The van der Waals surface area contributed by atoms with Gasteiger partial charge in [0.15, 0.2) is 0 Å². The molecule has 4 rings (SSSR count). The van der Waals surface area contributed by atoms with Crippen LogP contribution < -0.4 is 10.1 Å². The van der Waals surface area contributed by atoms with Crippen molar-refractivity contribution in [2.45, 2.75) is 45.0 Å². The molecule has 0 amide bonds. The third kappa shape index (κ3) is 3.94. The van der Waals surface area contributed by atoms with E-state index in [0.29, 0.717) is 28.7 Å². The molecule has 5 nitrogen and oxygen atoms in total. The first-order valence-electron chi connectivity index (χ1n) is 9.18. The van der Waals surface area contributed by atoms with Crippen molar-refractivity contribution in [1.29, 1.82) is 0 Å². The molecule has 0 fully saturated rings. The van der Waals surface area contributed by atoms with Crippen LogP contribution in [0.4, 0.5) is 19.0 Å². The molecule has 0 spiro atoms. The number of nitrogens with zero attached hydrogens (tertiary/aromatic N) is 3. The van der Waals surface area contributed by atoms with Crippen molar-refractivity contribution in [1.82, 2.24) is 15.0 Å². The van der Waals surface area contributed by atoms with Gasteiger partial charge in [-0.1, -0.05) is 23.7 Å². The molecular weight excluding hydrogens is 405 g/mol. The van der Waals surface area contributed by atoms with Crippen LogP contribution in [0.15, 0.2) is 30.5 Å². The average molecular weight is 423 g/mol. The number of aromatic nitrogens is 3. The van der Waals surface area contributed by atoms with Gasteiger partial charge in [-0.25, -0.2) is 4.98 Å². The van der Waals surface area contributed by atoms with Gasteiger partial charge in [0, 0.05) is 5.39 Å². The lowest BCUT2D eigenvalue weighted by molar-refractivity contribution is -0.138. The van der Waals surface area contributed by atoms with Crippen molar-refractivity contribution in [3.05, 3.63) is 52.3 Å². The van der Waals surface area contributed by atoms with Crippen molar-refractivity contribution in [3.63, 3.8) is 0 Å². The Morgan fingerprint density at radius 3 is 2.76 bits per heavy atom. The minimum absolute atomic E-state index is 0.144. The maximum absolute atomic E-state index is 13.6. The largest absolute Gasteiger partial charge is 0.460 e. The van der Waals surface area contributed by atoms with E-state index >= 15 is 0 Å². The van der Waals surface area contributed by atoms with Crippen LogP contribution in [0, 0.1) is 0 Å². The summed E-state index contributed by atoms with van der Waals surface area (Å²) in [5.41, 5.74) is 0.750. The Morgan fingerprint density at radius 1 is 1.21 bits per heavy atom. The normalized spacial score (nSPS) is 19.7. The van der Waals surface area contributed by atoms with Crippen molar-refractivity contribution >= 4 is 28.3 Å². The Hall–Kier alpha value is -2.61. The number of pyridine rings is 1. The van der Waals surface area contributed by atoms with Crippen LogP contribution in [0.25, 0.3) is 10.9 Å². The smallest absolute Gasteiger partial charge is 0.416 e. The zero-order valence-electron chi connectivity index (χ0n) is 15.7. The number of ether oxygens (including phenoxy) is 1. The van der Waals surface area contributed by atoms with Crippen LogP contribution in [0.5, 0.6) is 6.01 Å². The summed E-state index contributed by atoms with van der Waals surface area (Å²) in [7, 11) is 0. The third-order valence-corrected chi connectivity index (χ3v) is 5.18. The molecule has 9 heteroatoms. The van der Waals surface area contributed by atoms with Gasteiger partial charge in [-0.15, -0.1) is 0 Å². The topological polar surface area (TPSA) is 59.9 Å². The molecule has 0 saturated heterocycles. The monoisotopic (exact) mass is 422 g/mol. The molecule has 2 bridgehead atoms. The Kier molecular flexibility index (Phi) is 4.98. The molecule has 0 aliphatic carbocycles. The SMILES string of the molecule is CC1CCc2c(cccc2C(F)(F)F)[C@@H](C)Nc2nc(nc3cnc(Cl)cc23)O1. The molecular formula is C20H18ClF3N4O. The standard InChI is InChI=1S/C20H18ClF3N4O/c1-10-6-7-13-12(4-3-5-15(13)20(22,23)24)11(2)26-18-14-8-17(21)25-9-16(14)27-19(28-18)29-10/h3-5,8-11H,6-7H2,1-2H3,(H,26,27,28)/t10?,11-/m1/s1. The van der Waals surface area contributed by atoms with E-state index in [1.54, 1.807) is 26.0 Å². The average Bonchev–Trinajstić information content (AvgIpc) is 2.67. The minimum Gasteiger partial charge on any atom is -0.460 e. The van der Waals surface area contributed by atoms with Gasteiger partial charge in [0.05, 0.1) is 29.4 Å². The zero-order chi connectivity index (χ0) is 20.8. The predicted molar refractivity (Wildman–Crippen MR) is 104 cm³/mol. The van der Waals surface area contributed by atoms with Gasteiger partial charge >= 0.3 is 12.2 Å². The first-order valence-corrected chi connectivity index (χ1v) is 9.55. The molecule has 0 saturated carbocycles. The van der Waals surface area contributed by atoms with Crippen LogP contribution in [0.3, 0.4) is 0 Å². The van der Waals surface area contributed by atoms with Crippen molar-refractivity contribution in [3.8, 4) is 6.01 Å². The van der Waals surface area contributed by atoms with Gasteiger partial charge in [-0.05, 0) is 49.9 Å². The van der Waals surface area contributed by atoms with Gasteiger partial charge in [-0.2, -0.15) is 23.1 Å². The second kappa shape index (κ2) is 7.33. The third-order valence-electron chi connectivity index (χ3n) is 4.97. The number of hydrogen-bond acceptors (Lipinski definition) is 5. The van der Waals surface area contributed by atoms with Crippen LogP contribution in [-0.4, -0.2) is 21.1 Å². The van der Waals surface area contributed by atoms with E-state index in [9.17, 15) is 13.2 Å². The van der Waals surface area contributed by atoms with Crippen LogP contribution in [0.1, 0.15) is 43.0 Å². The molecule has 0 radical (unpaired) electrons. The maximum atomic E-state index is 13.6. The van der Waals surface area contributed by atoms with E-state index < -0.39 is 17.8 Å².